The van der Waals surface area contributed by atoms with Crippen LogP contribution in [-0.4, -0.2) is 4.57 Å². The Balaban J connectivity index is 1.99. The van der Waals surface area contributed by atoms with Gasteiger partial charge in [-0.1, -0.05) is 85.0 Å². The minimum absolute atomic E-state index is 1.14. The molecule has 0 amide bonds. The highest BCUT2D eigenvalue weighted by molar-refractivity contribution is 4.82. The summed E-state index contributed by atoms with van der Waals surface area (Å²) in [4.78, 5) is 0. The van der Waals surface area contributed by atoms with E-state index in [-0.39, 0.29) is 0 Å². The van der Waals surface area contributed by atoms with E-state index in [1.165, 1.54) is 95.8 Å². The lowest BCUT2D eigenvalue weighted by molar-refractivity contribution is -0.703. The van der Waals surface area contributed by atoms with Crippen LogP contribution in [0.15, 0.2) is 12.4 Å². The molecule has 0 aliphatic heterocycles. The van der Waals surface area contributed by atoms with Crippen LogP contribution in [0.5, 0.6) is 0 Å². The maximum Gasteiger partial charge on any atom is 0.256 e. The molecule has 0 aliphatic rings. The molecule has 1 aromatic heterocycles. The minimum atomic E-state index is 1.14. The second-order valence-electron chi connectivity index (χ2n) is 7.34. The molecule has 0 N–H and O–H groups in total. The van der Waals surface area contributed by atoms with Gasteiger partial charge in [-0.25, -0.2) is 9.13 Å². The molecule has 0 aromatic carbocycles. The fourth-order valence-corrected chi connectivity index (χ4v) is 3.68. The molecule has 24 heavy (non-hydrogen) atoms. The molecule has 0 radical (unpaired) electrons. The van der Waals surface area contributed by atoms with Crippen molar-refractivity contribution >= 4 is 0 Å². The highest BCUT2D eigenvalue weighted by atomic mass is 15.1. The first-order valence-electron chi connectivity index (χ1n) is 10.9. The number of aryl methyl sites for hydroxylation is 2. The van der Waals surface area contributed by atoms with Crippen LogP contribution >= 0.6 is 0 Å². The van der Waals surface area contributed by atoms with Crippen LogP contribution in [0.25, 0.3) is 0 Å². The first-order valence-corrected chi connectivity index (χ1v) is 10.9. The maximum absolute atomic E-state index is 2.48. The van der Waals surface area contributed by atoms with Crippen molar-refractivity contribution in [3.63, 3.8) is 0 Å². The van der Waals surface area contributed by atoms with Gasteiger partial charge in [0.2, 0.25) is 0 Å². The smallest absolute Gasteiger partial charge is 0.234 e. The molecule has 2 nitrogen and oxygen atoms in total. The lowest BCUT2D eigenvalue weighted by Gasteiger charge is -2.04. The Morgan fingerprint density at radius 3 is 1.75 bits per heavy atom. The number of unbranched alkanes of at least 4 members (excludes halogenated alkanes) is 11. The Morgan fingerprint density at radius 1 is 0.708 bits per heavy atom. The normalized spacial score (nSPS) is 11.3. The molecule has 0 saturated heterocycles. The van der Waals surface area contributed by atoms with Gasteiger partial charge in [0.15, 0.2) is 0 Å². The molecule has 140 valence electrons. The van der Waals surface area contributed by atoms with Gasteiger partial charge in [0, 0.05) is 6.42 Å². The van der Waals surface area contributed by atoms with E-state index in [2.05, 4.69) is 42.3 Å². The fraction of sp³-hybridized carbons (Fsp3) is 0.864. The van der Waals surface area contributed by atoms with Crippen LogP contribution in [0, 0.1) is 0 Å². The molecule has 0 saturated carbocycles. The largest absolute Gasteiger partial charge is 0.256 e. The predicted molar refractivity (Wildman–Crippen MR) is 105 cm³/mol. The fourth-order valence-electron chi connectivity index (χ4n) is 3.68. The van der Waals surface area contributed by atoms with Crippen molar-refractivity contribution in [2.75, 3.05) is 0 Å². The average Bonchev–Trinajstić information content (AvgIpc) is 2.98. The zero-order chi connectivity index (χ0) is 17.5. The highest BCUT2D eigenvalue weighted by Gasteiger charge is 2.13. The summed E-state index contributed by atoms with van der Waals surface area (Å²) in [7, 11) is 0. The Kier molecular flexibility index (Phi) is 12.9. The van der Waals surface area contributed by atoms with E-state index >= 15 is 0 Å². The zero-order valence-electron chi connectivity index (χ0n) is 16.9. The van der Waals surface area contributed by atoms with Gasteiger partial charge in [0.25, 0.3) is 5.82 Å². The summed E-state index contributed by atoms with van der Waals surface area (Å²) in [6.07, 6.45) is 24.1. The summed E-state index contributed by atoms with van der Waals surface area (Å²) in [5, 5.41) is 0. The van der Waals surface area contributed by atoms with E-state index in [0.29, 0.717) is 0 Å². The van der Waals surface area contributed by atoms with Gasteiger partial charge in [-0.15, -0.1) is 0 Å². The second kappa shape index (κ2) is 14.5. The van der Waals surface area contributed by atoms with Crippen molar-refractivity contribution in [2.45, 2.75) is 124 Å². The molecular formula is C22H43N2+. The summed E-state index contributed by atoms with van der Waals surface area (Å²) >= 11 is 0. The number of nitrogens with zero attached hydrogens (tertiary/aromatic N) is 2. The van der Waals surface area contributed by atoms with Gasteiger partial charge in [0.05, 0.1) is 13.1 Å². The van der Waals surface area contributed by atoms with E-state index in [1.54, 1.807) is 0 Å². The molecule has 0 aliphatic carbocycles. The maximum atomic E-state index is 2.48. The molecule has 2 heteroatoms. The monoisotopic (exact) mass is 335 g/mol. The van der Waals surface area contributed by atoms with Crippen molar-refractivity contribution in [1.29, 1.82) is 0 Å². The predicted octanol–water partition coefficient (Wildman–Crippen LogP) is 6.45. The van der Waals surface area contributed by atoms with Crippen molar-refractivity contribution in [3.05, 3.63) is 18.2 Å². The van der Waals surface area contributed by atoms with Crippen molar-refractivity contribution in [1.82, 2.24) is 4.57 Å². The van der Waals surface area contributed by atoms with Gasteiger partial charge in [0.1, 0.15) is 12.4 Å². The highest BCUT2D eigenvalue weighted by Crippen LogP contribution is 2.12. The zero-order valence-corrected chi connectivity index (χ0v) is 16.9. The van der Waals surface area contributed by atoms with E-state index in [4.69, 9.17) is 0 Å². The van der Waals surface area contributed by atoms with Gasteiger partial charge < -0.3 is 0 Å². The van der Waals surface area contributed by atoms with Gasteiger partial charge in [-0.3, -0.25) is 0 Å². The number of hydrogen-bond donors (Lipinski definition) is 0. The molecule has 0 fully saturated rings. The second-order valence-corrected chi connectivity index (χ2v) is 7.34. The Labute approximate surface area is 151 Å². The molecular weight excluding hydrogens is 292 g/mol. The van der Waals surface area contributed by atoms with E-state index in [0.717, 1.165) is 13.0 Å². The van der Waals surface area contributed by atoms with Gasteiger partial charge >= 0.3 is 0 Å². The van der Waals surface area contributed by atoms with Crippen LogP contribution in [0.4, 0.5) is 0 Å². The lowest BCUT2D eigenvalue weighted by Crippen LogP contribution is -2.36. The number of rotatable bonds is 16. The van der Waals surface area contributed by atoms with Crippen LogP contribution in [0.3, 0.4) is 0 Å². The lowest BCUT2D eigenvalue weighted by atomic mass is 10.1. The minimum Gasteiger partial charge on any atom is -0.234 e. The Morgan fingerprint density at radius 2 is 1.25 bits per heavy atom. The standard InChI is InChI=1S/C22H43N2/c1-4-7-8-9-10-11-12-13-14-15-16-17-19-24-21-20-23(18-5-2)22(24)6-3/h20-21H,4-19H2,1-3H3/q+1. The summed E-state index contributed by atoms with van der Waals surface area (Å²) < 4.78 is 4.91. The summed E-state index contributed by atoms with van der Waals surface area (Å²) in [5.74, 6) is 1.50. The third-order valence-corrected chi connectivity index (χ3v) is 5.12. The third-order valence-electron chi connectivity index (χ3n) is 5.12. The van der Waals surface area contributed by atoms with Crippen LogP contribution in [0.2, 0.25) is 0 Å². The average molecular weight is 336 g/mol. The van der Waals surface area contributed by atoms with Gasteiger partial charge in [-0.2, -0.15) is 0 Å². The summed E-state index contributed by atoms with van der Waals surface area (Å²) in [6.45, 7) is 9.20. The van der Waals surface area contributed by atoms with Crippen LogP contribution in [-0.2, 0) is 19.5 Å². The van der Waals surface area contributed by atoms with Crippen molar-refractivity contribution in [3.8, 4) is 0 Å². The molecule has 1 rings (SSSR count). The summed E-state index contributed by atoms with van der Waals surface area (Å²) in [6, 6.07) is 0. The molecule has 0 atom stereocenters. The first kappa shape index (κ1) is 21.3. The number of imidazole rings is 1. The van der Waals surface area contributed by atoms with Crippen LogP contribution < -0.4 is 4.57 Å². The third kappa shape index (κ3) is 8.89. The topological polar surface area (TPSA) is 8.81 Å². The molecule has 0 unspecified atom stereocenters. The van der Waals surface area contributed by atoms with Crippen molar-refractivity contribution < 1.29 is 4.57 Å². The Hall–Kier alpha value is -0.790. The quantitative estimate of drug-likeness (QED) is 0.242. The van der Waals surface area contributed by atoms with Crippen molar-refractivity contribution in [2.24, 2.45) is 0 Å². The molecule has 1 heterocycles. The first-order chi connectivity index (χ1) is 11.8. The van der Waals surface area contributed by atoms with Crippen LogP contribution in [0.1, 0.15) is 110 Å². The SMILES string of the molecule is CCCCCCCCCCCCCCn1cc[n+](CCC)c1CC. The molecule has 0 spiro atoms. The van der Waals surface area contributed by atoms with E-state index in [9.17, 15) is 0 Å². The van der Waals surface area contributed by atoms with Gasteiger partial charge in [-0.05, 0) is 19.3 Å². The van der Waals surface area contributed by atoms with E-state index in [1.807, 2.05) is 0 Å². The number of aromatic nitrogens is 2. The van der Waals surface area contributed by atoms with E-state index < -0.39 is 0 Å². The number of hydrogen-bond acceptors (Lipinski definition) is 0. The molecule has 0 bridgehead atoms. The Bertz CT molecular complexity index is 395. The summed E-state index contributed by atoms with van der Waals surface area (Å²) in [5.41, 5.74) is 0. The molecule has 1 aromatic rings.